The standard InChI is InChI=1S/C28H31N3O3/c1-21-14-16-31(17-15-21)28(33)23-10-7-11-24(18-23)29-19-27(32)30-25-12-5-6-13-26(25)34-20-22-8-3-2-4-9-22/h2-13,18,21,29H,14-17,19-20H2,1H3,(H,30,32). The molecule has 1 aliphatic heterocycles. The van der Waals surface area contributed by atoms with Crippen LogP contribution in [0.1, 0.15) is 35.7 Å². The smallest absolute Gasteiger partial charge is 0.253 e. The molecule has 1 fully saturated rings. The number of ether oxygens (including phenoxy) is 1. The van der Waals surface area contributed by atoms with Crippen LogP contribution in [0, 0.1) is 5.92 Å². The van der Waals surface area contributed by atoms with Crippen molar-refractivity contribution >= 4 is 23.2 Å². The van der Waals surface area contributed by atoms with E-state index in [1.807, 2.05) is 83.8 Å². The molecule has 0 atom stereocenters. The van der Waals surface area contributed by atoms with Gasteiger partial charge in [0.05, 0.1) is 12.2 Å². The molecule has 0 aliphatic carbocycles. The Hall–Kier alpha value is -3.80. The van der Waals surface area contributed by atoms with E-state index < -0.39 is 0 Å². The lowest BCUT2D eigenvalue weighted by Crippen LogP contribution is -2.37. The molecule has 4 rings (SSSR count). The minimum atomic E-state index is -0.197. The predicted octanol–water partition coefficient (Wildman–Crippen LogP) is 5.19. The van der Waals surface area contributed by atoms with Crippen LogP contribution in [0.5, 0.6) is 5.75 Å². The highest BCUT2D eigenvalue weighted by molar-refractivity contribution is 5.96. The van der Waals surface area contributed by atoms with Crippen LogP contribution in [0.25, 0.3) is 0 Å². The van der Waals surface area contributed by atoms with Crippen molar-refractivity contribution in [1.82, 2.24) is 4.90 Å². The van der Waals surface area contributed by atoms with Gasteiger partial charge in [-0.1, -0.05) is 55.5 Å². The van der Waals surface area contributed by atoms with Crippen LogP contribution in [-0.4, -0.2) is 36.3 Å². The number of nitrogens with one attached hydrogen (secondary N) is 2. The summed E-state index contributed by atoms with van der Waals surface area (Å²) >= 11 is 0. The van der Waals surface area contributed by atoms with Gasteiger partial charge in [0.15, 0.2) is 0 Å². The maximum atomic E-state index is 12.8. The van der Waals surface area contributed by atoms with E-state index in [0.717, 1.165) is 37.2 Å². The Morgan fingerprint density at radius 1 is 0.941 bits per heavy atom. The number of carbonyl (C=O) groups excluding carboxylic acids is 2. The Morgan fingerprint density at radius 2 is 1.68 bits per heavy atom. The van der Waals surface area contributed by atoms with E-state index in [9.17, 15) is 9.59 Å². The van der Waals surface area contributed by atoms with Gasteiger partial charge in [-0.25, -0.2) is 0 Å². The molecular formula is C28H31N3O3. The van der Waals surface area contributed by atoms with Crippen LogP contribution in [-0.2, 0) is 11.4 Å². The molecule has 1 aliphatic rings. The van der Waals surface area contributed by atoms with E-state index in [4.69, 9.17) is 4.74 Å². The Kier molecular flexibility index (Phi) is 7.81. The van der Waals surface area contributed by atoms with Crippen LogP contribution in [0.4, 0.5) is 11.4 Å². The van der Waals surface area contributed by atoms with Crippen molar-refractivity contribution in [2.45, 2.75) is 26.4 Å². The summed E-state index contributed by atoms with van der Waals surface area (Å²) in [5.41, 5.74) is 3.05. The third-order valence-electron chi connectivity index (χ3n) is 6.03. The van der Waals surface area contributed by atoms with Crippen molar-refractivity contribution in [3.63, 3.8) is 0 Å². The third-order valence-corrected chi connectivity index (χ3v) is 6.03. The van der Waals surface area contributed by atoms with Gasteiger partial charge in [-0.05, 0) is 54.7 Å². The number of amides is 2. The van der Waals surface area contributed by atoms with Gasteiger partial charge in [-0.2, -0.15) is 0 Å². The first kappa shape index (κ1) is 23.4. The third kappa shape index (κ3) is 6.38. The number of para-hydroxylation sites is 2. The number of rotatable bonds is 8. The zero-order valence-electron chi connectivity index (χ0n) is 19.5. The van der Waals surface area contributed by atoms with Crippen molar-refractivity contribution in [2.75, 3.05) is 30.3 Å². The largest absolute Gasteiger partial charge is 0.487 e. The van der Waals surface area contributed by atoms with E-state index >= 15 is 0 Å². The van der Waals surface area contributed by atoms with Gasteiger partial charge >= 0.3 is 0 Å². The monoisotopic (exact) mass is 457 g/mol. The molecule has 0 unspecified atom stereocenters. The predicted molar refractivity (Wildman–Crippen MR) is 135 cm³/mol. The number of benzene rings is 3. The minimum absolute atomic E-state index is 0.0458. The molecular weight excluding hydrogens is 426 g/mol. The van der Waals surface area contributed by atoms with E-state index in [2.05, 4.69) is 17.6 Å². The first-order valence-corrected chi connectivity index (χ1v) is 11.8. The van der Waals surface area contributed by atoms with Crippen molar-refractivity contribution in [1.29, 1.82) is 0 Å². The van der Waals surface area contributed by atoms with Gasteiger partial charge in [0, 0.05) is 24.3 Å². The van der Waals surface area contributed by atoms with Crippen molar-refractivity contribution in [3.8, 4) is 5.75 Å². The van der Waals surface area contributed by atoms with Crippen LogP contribution < -0.4 is 15.4 Å². The molecule has 2 amide bonds. The average Bonchev–Trinajstić information content (AvgIpc) is 2.88. The molecule has 1 heterocycles. The highest BCUT2D eigenvalue weighted by Gasteiger charge is 2.21. The summed E-state index contributed by atoms with van der Waals surface area (Å²) in [5.74, 6) is 1.13. The fraction of sp³-hybridized carbons (Fsp3) is 0.286. The average molecular weight is 458 g/mol. The number of carbonyl (C=O) groups is 2. The van der Waals surface area contributed by atoms with E-state index in [1.165, 1.54) is 0 Å². The second-order valence-corrected chi connectivity index (χ2v) is 8.73. The van der Waals surface area contributed by atoms with Crippen LogP contribution in [0.2, 0.25) is 0 Å². The Bertz CT molecular complexity index is 1110. The number of anilines is 2. The molecule has 3 aromatic rings. The van der Waals surface area contributed by atoms with Crippen molar-refractivity contribution in [2.24, 2.45) is 5.92 Å². The summed E-state index contributed by atoms with van der Waals surface area (Å²) in [7, 11) is 0. The Labute approximate surface area is 200 Å². The summed E-state index contributed by atoms with van der Waals surface area (Å²) < 4.78 is 5.92. The van der Waals surface area contributed by atoms with Crippen LogP contribution >= 0.6 is 0 Å². The van der Waals surface area contributed by atoms with E-state index in [-0.39, 0.29) is 18.4 Å². The highest BCUT2D eigenvalue weighted by atomic mass is 16.5. The molecule has 6 heteroatoms. The maximum absolute atomic E-state index is 12.8. The van der Waals surface area contributed by atoms with Crippen molar-refractivity contribution in [3.05, 3.63) is 90.0 Å². The quantitative estimate of drug-likeness (QED) is 0.488. The molecule has 0 bridgehead atoms. The Balaban J connectivity index is 1.31. The topological polar surface area (TPSA) is 70.7 Å². The molecule has 0 radical (unpaired) electrons. The minimum Gasteiger partial charge on any atom is -0.487 e. The lowest BCUT2D eigenvalue weighted by Gasteiger charge is -2.30. The molecule has 0 spiro atoms. The number of hydrogen-bond donors (Lipinski definition) is 2. The molecule has 6 nitrogen and oxygen atoms in total. The van der Waals surface area contributed by atoms with Gasteiger partial charge in [-0.15, -0.1) is 0 Å². The first-order chi connectivity index (χ1) is 16.6. The second-order valence-electron chi connectivity index (χ2n) is 8.73. The fourth-order valence-corrected chi connectivity index (χ4v) is 3.96. The molecule has 2 N–H and O–H groups in total. The van der Waals surface area contributed by atoms with Crippen LogP contribution in [0.15, 0.2) is 78.9 Å². The van der Waals surface area contributed by atoms with Gasteiger partial charge in [0.1, 0.15) is 12.4 Å². The van der Waals surface area contributed by atoms with Crippen LogP contribution in [0.3, 0.4) is 0 Å². The molecule has 1 saturated heterocycles. The summed E-state index contributed by atoms with van der Waals surface area (Å²) in [5, 5.41) is 6.03. The highest BCUT2D eigenvalue weighted by Crippen LogP contribution is 2.25. The normalized spacial score (nSPS) is 13.9. The lowest BCUT2D eigenvalue weighted by atomic mass is 9.98. The summed E-state index contributed by atoms with van der Waals surface area (Å²) in [6, 6.07) is 24.6. The number of piperidine rings is 1. The van der Waals surface area contributed by atoms with Gasteiger partial charge < -0.3 is 20.3 Å². The fourth-order valence-electron chi connectivity index (χ4n) is 3.96. The van der Waals surface area contributed by atoms with E-state index in [0.29, 0.717) is 29.5 Å². The first-order valence-electron chi connectivity index (χ1n) is 11.8. The summed E-state index contributed by atoms with van der Waals surface area (Å²) in [4.78, 5) is 27.4. The number of hydrogen-bond acceptors (Lipinski definition) is 4. The molecule has 0 saturated carbocycles. The Morgan fingerprint density at radius 3 is 2.47 bits per heavy atom. The summed E-state index contributed by atoms with van der Waals surface area (Å²) in [6.07, 6.45) is 2.08. The molecule has 0 aromatic heterocycles. The molecule has 34 heavy (non-hydrogen) atoms. The second kappa shape index (κ2) is 11.4. The molecule has 176 valence electrons. The SMILES string of the molecule is CC1CCN(C(=O)c2cccc(NCC(=O)Nc3ccccc3OCc3ccccc3)c2)CC1. The lowest BCUT2D eigenvalue weighted by molar-refractivity contribution is -0.114. The molecule has 3 aromatic carbocycles. The number of likely N-dealkylation sites (tertiary alicyclic amines) is 1. The summed E-state index contributed by atoms with van der Waals surface area (Å²) in [6.45, 7) is 4.32. The zero-order chi connectivity index (χ0) is 23.8. The maximum Gasteiger partial charge on any atom is 0.253 e. The van der Waals surface area contributed by atoms with E-state index in [1.54, 1.807) is 0 Å². The number of nitrogens with zero attached hydrogens (tertiary/aromatic N) is 1. The van der Waals surface area contributed by atoms with Gasteiger partial charge in [0.25, 0.3) is 5.91 Å². The zero-order valence-corrected chi connectivity index (χ0v) is 19.5. The van der Waals surface area contributed by atoms with Gasteiger partial charge in [-0.3, -0.25) is 9.59 Å². The van der Waals surface area contributed by atoms with Crippen molar-refractivity contribution < 1.29 is 14.3 Å². The van der Waals surface area contributed by atoms with Gasteiger partial charge in [0.2, 0.25) is 5.91 Å².